The Kier molecular flexibility index (Phi) is 4.82. The van der Waals surface area contributed by atoms with Crippen molar-refractivity contribution in [2.45, 2.75) is 43.1 Å². The van der Waals surface area contributed by atoms with Gasteiger partial charge in [0.25, 0.3) is 0 Å². The number of nitrogens with zero attached hydrogens (tertiary/aromatic N) is 2. The highest BCUT2D eigenvalue weighted by Crippen LogP contribution is 2.40. The van der Waals surface area contributed by atoms with Crippen LogP contribution in [0.5, 0.6) is 0 Å². The van der Waals surface area contributed by atoms with Crippen molar-refractivity contribution in [1.82, 2.24) is 9.97 Å². The van der Waals surface area contributed by atoms with E-state index in [1.54, 1.807) is 29.2 Å². The van der Waals surface area contributed by atoms with E-state index in [1.807, 2.05) is 12.1 Å². The van der Waals surface area contributed by atoms with E-state index in [9.17, 15) is 0 Å². The minimum absolute atomic E-state index is 0.185. The molecule has 0 saturated carbocycles. The molecule has 0 spiro atoms. The quantitative estimate of drug-likeness (QED) is 0.543. The second kappa shape index (κ2) is 6.84. The van der Waals surface area contributed by atoms with E-state index in [0.717, 1.165) is 21.5 Å². The van der Waals surface area contributed by atoms with Crippen molar-refractivity contribution in [3.8, 4) is 0 Å². The first-order valence-corrected chi connectivity index (χ1v) is 10.7. The summed E-state index contributed by atoms with van der Waals surface area (Å²) >= 11 is 15.3. The Morgan fingerprint density at radius 1 is 1.27 bits per heavy atom. The van der Waals surface area contributed by atoms with E-state index in [2.05, 4.69) is 18.8 Å². The number of hydrogen-bond acceptors (Lipinski definition) is 6. The molecule has 8 heteroatoms. The molecule has 0 bridgehead atoms. The zero-order chi connectivity index (χ0) is 18.5. The second-order valence-electron chi connectivity index (χ2n) is 6.80. The number of thiophene rings is 1. The molecule has 0 radical (unpaired) electrons. The maximum atomic E-state index is 6.29. The lowest BCUT2D eigenvalue weighted by atomic mass is 9.94. The number of benzene rings is 1. The number of nitrogen functional groups attached to an aromatic ring is 1. The average Bonchev–Trinajstić information content (AvgIpc) is 2.93. The van der Waals surface area contributed by atoms with Gasteiger partial charge in [-0.05, 0) is 37.6 Å². The van der Waals surface area contributed by atoms with Gasteiger partial charge in [0.1, 0.15) is 16.5 Å². The van der Waals surface area contributed by atoms with Gasteiger partial charge in [-0.2, -0.15) is 0 Å². The van der Waals surface area contributed by atoms with E-state index in [0.29, 0.717) is 34.0 Å². The van der Waals surface area contributed by atoms with Crippen molar-refractivity contribution >= 4 is 62.3 Å². The maximum Gasteiger partial charge on any atom is 0.142 e. The number of thioether (sulfide) groups is 1. The minimum Gasteiger partial charge on any atom is -0.383 e. The molecule has 3 heterocycles. The highest BCUT2D eigenvalue weighted by molar-refractivity contribution is 7.98. The number of nitrogens with two attached hydrogens (primary N) is 1. The van der Waals surface area contributed by atoms with Crippen LogP contribution in [0.3, 0.4) is 0 Å². The van der Waals surface area contributed by atoms with E-state index in [4.69, 9.17) is 38.7 Å². The molecule has 26 heavy (non-hydrogen) atoms. The molecule has 1 aliphatic heterocycles. The average molecular weight is 426 g/mol. The van der Waals surface area contributed by atoms with Crippen molar-refractivity contribution in [1.29, 1.82) is 0 Å². The van der Waals surface area contributed by atoms with Crippen LogP contribution in [0.25, 0.3) is 10.2 Å². The summed E-state index contributed by atoms with van der Waals surface area (Å²) in [7, 11) is 0. The maximum absolute atomic E-state index is 6.29. The Balaban J connectivity index is 1.62. The number of rotatable bonds is 3. The van der Waals surface area contributed by atoms with Crippen LogP contribution in [0, 0.1) is 0 Å². The topological polar surface area (TPSA) is 61.0 Å². The molecule has 0 unspecified atom stereocenters. The SMILES string of the molecule is CC1(C)Cc2c(sc3nc(CSc4ccc(Cl)c(Cl)c4)nc(N)c23)CO1. The lowest BCUT2D eigenvalue weighted by Crippen LogP contribution is -2.31. The van der Waals surface area contributed by atoms with Crippen molar-refractivity contribution in [3.05, 3.63) is 44.5 Å². The molecule has 0 fully saturated rings. The van der Waals surface area contributed by atoms with Crippen LogP contribution in [0.2, 0.25) is 10.0 Å². The molecule has 2 aromatic heterocycles. The largest absolute Gasteiger partial charge is 0.383 e. The van der Waals surface area contributed by atoms with E-state index in [-0.39, 0.29) is 5.60 Å². The van der Waals surface area contributed by atoms with Crippen molar-refractivity contribution < 1.29 is 4.74 Å². The first kappa shape index (κ1) is 18.3. The molecular weight excluding hydrogens is 409 g/mol. The van der Waals surface area contributed by atoms with Crippen LogP contribution in [0.4, 0.5) is 5.82 Å². The van der Waals surface area contributed by atoms with Crippen LogP contribution >= 0.6 is 46.3 Å². The number of ether oxygens (including phenoxy) is 1. The number of hydrogen-bond donors (Lipinski definition) is 1. The molecule has 3 aromatic rings. The van der Waals surface area contributed by atoms with Crippen molar-refractivity contribution in [2.75, 3.05) is 5.73 Å². The lowest BCUT2D eigenvalue weighted by Gasteiger charge is -2.30. The van der Waals surface area contributed by atoms with Crippen LogP contribution in [0.15, 0.2) is 23.1 Å². The molecule has 136 valence electrons. The normalized spacial score (nSPS) is 16.0. The molecular formula is C18H17Cl2N3OS2. The zero-order valence-corrected chi connectivity index (χ0v) is 17.5. The first-order valence-electron chi connectivity index (χ1n) is 8.11. The Bertz CT molecular complexity index is 1000. The Morgan fingerprint density at radius 3 is 2.85 bits per heavy atom. The number of halogens is 2. The summed E-state index contributed by atoms with van der Waals surface area (Å²) in [4.78, 5) is 12.4. The summed E-state index contributed by atoms with van der Waals surface area (Å²) in [5.41, 5.74) is 7.35. The van der Waals surface area contributed by atoms with Crippen LogP contribution in [-0.4, -0.2) is 15.6 Å². The number of aromatic nitrogens is 2. The van der Waals surface area contributed by atoms with Gasteiger partial charge in [-0.3, -0.25) is 0 Å². The van der Waals surface area contributed by atoms with Crippen LogP contribution in [0.1, 0.15) is 30.1 Å². The van der Waals surface area contributed by atoms with Gasteiger partial charge in [0.15, 0.2) is 0 Å². The fourth-order valence-electron chi connectivity index (χ4n) is 3.00. The van der Waals surface area contributed by atoms with Gasteiger partial charge in [-0.25, -0.2) is 9.97 Å². The molecule has 1 aromatic carbocycles. The number of anilines is 1. The third-order valence-corrected chi connectivity index (χ3v) is 7.09. The monoisotopic (exact) mass is 425 g/mol. The molecule has 4 nitrogen and oxygen atoms in total. The zero-order valence-electron chi connectivity index (χ0n) is 14.3. The molecule has 1 aliphatic rings. The van der Waals surface area contributed by atoms with Crippen LogP contribution in [-0.2, 0) is 23.5 Å². The molecule has 0 saturated heterocycles. The predicted molar refractivity (Wildman–Crippen MR) is 110 cm³/mol. The van der Waals surface area contributed by atoms with Gasteiger partial charge in [0.05, 0.1) is 33.4 Å². The summed E-state index contributed by atoms with van der Waals surface area (Å²) in [6, 6.07) is 5.57. The summed E-state index contributed by atoms with van der Waals surface area (Å²) in [6.07, 6.45) is 0.827. The Morgan fingerprint density at radius 2 is 2.08 bits per heavy atom. The first-order chi connectivity index (χ1) is 12.3. The van der Waals surface area contributed by atoms with Gasteiger partial charge < -0.3 is 10.5 Å². The molecule has 2 N–H and O–H groups in total. The smallest absolute Gasteiger partial charge is 0.142 e. The summed E-state index contributed by atoms with van der Waals surface area (Å²) < 4.78 is 5.91. The van der Waals surface area contributed by atoms with Crippen molar-refractivity contribution in [2.24, 2.45) is 0 Å². The van der Waals surface area contributed by atoms with Gasteiger partial charge in [-0.15, -0.1) is 23.1 Å². The minimum atomic E-state index is -0.185. The molecule has 4 rings (SSSR count). The Labute approximate surface area is 170 Å². The lowest BCUT2D eigenvalue weighted by molar-refractivity contribution is -0.0379. The van der Waals surface area contributed by atoms with E-state index < -0.39 is 0 Å². The summed E-state index contributed by atoms with van der Waals surface area (Å²) in [5.74, 6) is 1.88. The van der Waals surface area contributed by atoms with Gasteiger partial charge in [0, 0.05) is 16.2 Å². The predicted octanol–water partition coefficient (Wildman–Crippen LogP) is 5.72. The third kappa shape index (κ3) is 3.53. The highest BCUT2D eigenvalue weighted by Gasteiger charge is 2.30. The fraction of sp³-hybridized carbons (Fsp3) is 0.333. The second-order valence-corrected chi connectivity index (χ2v) is 9.75. The standard InChI is InChI=1S/C18H17Cl2N3OS2/c1-18(2)6-10-13(7-24-18)26-17-15(10)16(21)22-14(23-17)8-25-9-3-4-11(19)12(20)5-9/h3-5H,6-8H2,1-2H3,(H2,21,22,23). The van der Waals surface area contributed by atoms with Gasteiger partial charge in [0.2, 0.25) is 0 Å². The molecule has 0 atom stereocenters. The molecule has 0 amide bonds. The summed E-state index contributed by atoms with van der Waals surface area (Å²) in [6.45, 7) is 4.80. The fourth-order valence-corrected chi connectivity index (χ4v) is 5.28. The van der Waals surface area contributed by atoms with E-state index >= 15 is 0 Å². The van der Waals surface area contributed by atoms with Gasteiger partial charge >= 0.3 is 0 Å². The Hall–Kier alpha value is -1.05. The number of fused-ring (bicyclic) bond motifs is 3. The van der Waals surface area contributed by atoms with Crippen LogP contribution < -0.4 is 5.73 Å². The summed E-state index contributed by atoms with van der Waals surface area (Å²) in [5, 5.41) is 2.08. The molecule has 0 aliphatic carbocycles. The van der Waals surface area contributed by atoms with Gasteiger partial charge in [-0.1, -0.05) is 23.2 Å². The van der Waals surface area contributed by atoms with E-state index in [1.165, 1.54) is 10.4 Å². The van der Waals surface area contributed by atoms with Crippen molar-refractivity contribution in [3.63, 3.8) is 0 Å². The third-order valence-electron chi connectivity index (χ3n) is 4.26. The highest BCUT2D eigenvalue weighted by atomic mass is 35.5.